The van der Waals surface area contributed by atoms with E-state index in [4.69, 9.17) is 9.47 Å². The number of rotatable bonds is 7. The molecule has 1 fully saturated rings. The van der Waals surface area contributed by atoms with Gasteiger partial charge in [-0.05, 0) is 91.7 Å². The lowest BCUT2D eigenvalue weighted by molar-refractivity contribution is 0.0497. The van der Waals surface area contributed by atoms with E-state index < -0.39 is 5.97 Å². The van der Waals surface area contributed by atoms with E-state index >= 15 is 0 Å². The van der Waals surface area contributed by atoms with Crippen molar-refractivity contribution >= 4 is 5.97 Å². The van der Waals surface area contributed by atoms with E-state index in [1.54, 1.807) is 18.5 Å². The second kappa shape index (κ2) is 9.40. The normalized spacial score (nSPS) is 19.5. The molecule has 2 aliphatic rings. The van der Waals surface area contributed by atoms with Crippen molar-refractivity contribution in [1.29, 1.82) is 0 Å². The van der Waals surface area contributed by atoms with E-state index in [2.05, 4.69) is 23.2 Å². The van der Waals surface area contributed by atoms with Crippen LogP contribution in [0.4, 0.5) is 0 Å². The van der Waals surface area contributed by atoms with Crippen LogP contribution in [0.15, 0.2) is 36.7 Å². The molecule has 1 N–H and O–H groups in total. The van der Waals surface area contributed by atoms with Crippen LogP contribution >= 0.6 is 0 Å². The molecule has 0 spiro atoms. The molecule has 0 bridgehead atoms. The van der Waals surface area contributed by atoms with Crippen LogP contribution in [0.25, 0.3) is 0 Å². The topological polar surface area (TPSA) is 68.7 Å². The number of aryl methyl sites for hydroxylation is 2. The van der Waals surface area contributed by atoms with Crippen molar-refractivity contribution in [2.45, 2.75) is 50.9 Å². The standard InChI is InChI=1S/C24H29NO4/c26-24(27)23-8-11-25-15-20(23)5-4-18-2-1-3-19-14-21(6-7-22(18)19)29-16-17-9-12-28-13-10-17/h6-8,11,14-15,17-18H,1-5,9-10,12-13,16H2,(H,26,27)/t18-/m0/s1. The van der Waals surface area contributed by atoms with Gasteiger partial charge in [-0.15, -0.1) is 0 Å². The molecular formula is C24H29NO4. The number of nitrogens with zero attached hydrogens (tertiary/aromatic N) is 1. The molecule has 1 aromatic carbocycles. The van der Waals surface area contributed by atoms with Crippen LogP contribution < -0.4 is 4.74 Å². The SMILES string of the molecule is O=C(O)c1ccncc1CC[C@@H]1CCCc2cc(OCC3CCOCC3)ccc21. The Kier molecular flexibility index (Phi) is 6.45. The van der Waals surface area contributed by atoms with Gasteiger partial charge in [0.1, 0.15) is 5.75 Å². The monoisotopic (exact) mass is 395 g/mol. The van der Waals surface area contributed by atoms with Gasteiger partial charge in [-0.25, -0.2) is 4.79 Å². The highest BCUT2D eigenvalue weighted by atomic mass is 16.5. The molecule has 2 heterocycles. The summed E-state index contributed by atoms with van der Waals surface area (Å²) in [5.41, 5.74) is 3.97. The predicted molar refractivity (Wildman–Crippen MR) is 111 cm³/mol. The van der Waals surface area contributed by atoms with Gasteiger partial charge in [0.15, 0.2) is 0 Å². The average molecular weight is 395 g/mol. The predicted octanol–water partition coefficient (Wildman–Crippen LogP) is 4.64. The van der Waals surface area contributed by atoms with Crippen molar-refractivity contribution in [2.75, 3.05) is 19.8 Å². The van der Waals surface area contributed by atoms with Crippen molar-refractivity contribution < 1.29 is 19.4 Å². The van der Waals surface area contributed by atoms with Crippen molar-refractivity contribution in [3.05, 3.63) is 58.9 Å². The van der Waals surface area contributed by atoms with Crippen LogP contribution in [0, 0.1) is 5.92 Å². The van der Waals surface area contributed by atoms with Gasteiger partial charge in [-0.1, -0.05) is 6.07 Å². The fourth-order valence-electron chi connectivity index (χ4n) is 4.57. The molecule has 2 aromatic rings. The van der Waals surface area contributed by atoms with Crippen LogP contribution in [-0.4, -0.2) is 35.9 Å². The van der Waals surface area contributed by atoms with Gasteiger partial charge in [0.25, 0.3) is 0 Å². The molecule has 1 aliphatic carbocycles. The zero-order valence-corrected chi connectivity index (χ0v) is 16.8. The maximum atomic E-state index is 11.4. The Morgan fingerprint density at radius 3 is 2.90 bits per heavy atom. The number of pyridine rings is 1. The molecular weight excluding hydrogens is 366 g/mol. The first-order chi connectivity index (χ1) is 14.2. The Morgan fingerprint density at radius 2 is 2.07 bits per heavy atom. The second-order valence-electron chi connectivity index (χ2n) is 8.19. The Balaban J connectivity index is 1.40. The molecule has 0 saturated carbocycles. The van der Waals surface area contributed by atoms with Crippen molar-refractivity contribution in [3.63, 3.8) is 0 Å². The van der Waals surface area contributed by atoms with Crippen LogP contribution in [0.1, 0.15) is 65.1 Å². The van der Waals surface area contributed by atoms with Gasteiger partial charge in [0, 0.05) is 25.6 Å². The summed E-state index contributed by atoms with van der Waals surface area (Å²) in [6.45, 7) is 2.46. The number of carboxylic acid groups (broad SMARTS) is 1. The molecule has 1 aromatic heterocycles. The van der Waals surface area contributed by atoms with E-state index in [9.17, 15) is 9.90 Å². The number of hydrogen-bond acceptors (Lipinski definition) is 4. The molecule has 0 radical (unpaired) electrons. The second-order valence-corrected chi connectivity index (χ2v) is 8.19. The number of fused-ring (bicyclic) bond motifs is 1. The molecule has 5 heteroatoms. The Labute approximate surface area is 172 Å². The fraction of sp³-hybridized carbons (Fsp3) is 0.500. The molecule has 0 unspecified atom stereocenters. The van der Waals surface area contributed by atoms with E-state index in [0.717, 1.165) is 69.7 Å². The fourth-order valence-corrected chi connectivity index (χ4v) is 4.57. The first-order valence-electron chi connectivity index (χ1n) is 10.7. The lowest BCUT2D eigenvalue weighted by Gasteiger charge is -2.27. The maximum absolute atomic E-state index is 11.4. The summed E-state index contributed by atoms with van der Waals surface area (Å²) in [7, 11) is 0. The summed E-state index contributed by atoms with van der Waals surface area (Å²) >= 11 is 0. The first kappa shape index (κ1) is 19.9. The summed E-state index contributed by atoms with van der Waals surface area (Å²) in [6.07, 6.45) is 10.5. The zero-order chi connectivity index (χ0) is 20.1. The van der Waals surface area contributed by atoms with E-state index in [1.807, 2.05) is 0 Å². The number of ether oxygens (including phenoxy) is 2. The molecule has 1 aliphatic heterocycles. The van der Waals surface area contributed by atoms with Crippen LogP contribution in [0.5, 0.6) is 5.75 Å². The van der Waals surface area contributed by atoms with Gasteiger partial charge < -0.3 is 14.6 Å². The lowest BCUT2D eigenvalue weighted by Crippen LogP contribution is -2.21. The number of aromatic carboxylic acids is 1. The molecule has 154 valence electrons. The summed E-state index contributed by atoms with van der Waals surface area (Å²) in [4.78, 5) is 15.6. The third-order valence-electron chi connectivity index (χ3n) is 6.28. The molecule has 4 rings (SSSR count). The number of carboxylic acids is 1. The summed E-state index contributed by atoms with van der Waals surface area (Å²) in [5.74, 6) is 1.15. The minimum absolute atomic E-state index is 0.368. The Morgan fingerprint density at radius 1 is 1.21 bits per heavy atom. The average Bonchev–Trinajstić information content (AvgIpc) is 2.77. The third kappa shape index (κ3) is 4.96. The molecule has 1 atom stereocenters. The van der Waals surface area contributed by atoms with Crippen LogP contribution in [0.3, 0.4) is 0 Å². The highest BCUT2D eigenvalue weighted by Crippen LogP contribution is 2.37. The number of benzene rings is 1. The van der Waals surface area contributed by atoms with Gasteiger partial charge >= 0.3 is 5.97 Å². The largest absolute Gasteiger partial charge is 0.493 e. The molecule has 5 nitrogen and oxygen atoms in total. The minimum atomic E-state index is -0.877. The molecule has 29 heavy (non-hydrogen) atoms. The Hall–Kier alpha value is -2.40. The lowest BCUT2D eigenvalue weighted by atomic mass is 9.79. The van der Waals surface area contributed by atoms with Crippen LogP contribution in [0.2, 0.25) is 0 Å². The van der Waals surface area contributed by atoms with Gasteiger partial charge in [0.2, 0.25) is 0 Å². The van der Waals surface area contributed by atoms with Gasteiger partial charge in [0.05, 0.1) is 12.2 Å². The first-order valence-corrected chi connectivity index (χ1v) is 10.7. The van der Waals surface area contributed by atoms with Gasteiger partial charge in [-0.3, -0.25) is 4.98 Å². The van der Waals surface area contributed by atoms with E-state index in [-0.39, 0.29) is 0 Å². The number of carbonyl (C=O) groups is 1. The summed E-state index contributed by atoms with van der Waals surface area (Å²) in [5, 5.41) is 9.39. The van der Waals surface area contributed by atoms with Crippen molar-refractivity contribution in [3.8, 4) is 5.75 Å². The highest BCUT2D eigenvalue weighted by molar-refractivity contribution is 5.89. The highest BCUT2D eigenvalue weighted by Gasteiger charge is 2.22. The summed E-state index contributed by atoms with van der Waals surface area (Å²) < 4.78 is 11.5. The molecule has 1 saturated heterocycles. The number of hydrogen-bond donors (Lipinski definition) is 1. The van der Waals surface area contributed by atoms with Crippen LogP contribution in [-0.2, 0) is 17.6 Å². The minimum Gasteiger partial charge on any atom is -0.493 e. The van der Waals surface area contributed by atoms with Crippen molar-refractivity contribution in [1.82, 2.24) is 4.98 Å². The van der Waals surface area contributed by atoms with Crippen molar-refractivity contribution in [2.24, 2.45) is 5.92 Å². The summed E-state index contributed by atoms with van der Waals surface area (Å²) in [6, 6.07) is 8.13. The molecule has 0 amide bonds. The van der Waals surface area contributed by atoms with E-state index in [0.29, 0.717) is 17.4 Å². The van der Waals surface area contributed by atoms with E-state index in [1.165, 1.54) is 17.5 Å². The maximum Gasteiger partial charge on any atom is 0.336 e. The smallest absolute Gasteiger partial charge is 0.336 e. The van der Waals surface area contributed by atoms with Gasteiger partial charge in [-0.2, -0.15) is 0 Å². The Bertz CT molecular complexity index is 845. The quantitative estimate of drug-likeness (QED) is 0.740. The zero-order valence-electron chi connectivity index (χ0n) is 16.8. The number of aromatic nitrogens is 1. The third-order valence-corrected chi connectivity index (χ3v) is 6.28.